The van der Waals surface area contributed by atoms with Gasteiger partial charge in [-0.15, -0.1) is 0 Å². The number of rotatable bonds is 11. The summed E-state index contributed by atoms with van der Waals surface area (Å²) >= 11 is 0. The van der Waals surface area contributed by atoms with Crippen molar-refractivity contribution >= 4 is 23.9 Å². The molecule has 0 aromatic heterocycles. The van der Waals surface area contributed by atoms with Crippen molar-refractivity contribution in [3.8, 4) is 0 Å². The number of unbranched alkanes of at least 4 members (excludes halogenated alkanes) is 1. The molecule has 0 bridgehead atoms. The van der Waals surface area contributed by atoms with E-state index in [1.54, 1.807) is 45.0 Å². The highest BCUT2D eigenvalue weighted by atomic mass is 16.6. The van der Waals surface area contributed by atoms with Crippen LogP contribution in [0.15, 0.2) is 60.7 Å². The van der Waals surface area contributed by atoms with E-state index >= 15 is 0 Å². The molecular weight excluding hydrogens is 512 g/mol. The van der Waals surface area contributed by atoms with Gasteiger partial charge in [0.15, 0.2) is 0 Å². The van der Waals surface area contributed by atoms with Gasteiger partial charge in [-0.3, -0.25) is 9.69 Å². The molecule has 9 heteroatoms. The summed E-state index contributed by atoms with van der Waals surface area (Å²) in [6.07, 6.45) is 2.79. The predicted molar refractivity (Wildman–Crippen MR) is 149 cm³/mol. The van der Waals surface area contributed by atoms with Crippen molar-refractivity contribution in [3.63, 3.8) is 0 Å². The van der Waals surface area contributed by atoms with Crippen LogP contribution in [-0.2, 0) is 30.4 Å². The molecule has 1 fully saturated rings. The largest absolute Gasteiger partial charge is 0.462 e. The zero-order valence-corrected chi connectivity index (χ0v) is 23.6. The van der Waals surface area contributed by atoms with E-state index in [9.17, 15) is 19.2 Å². The van der Waals surface area contributed by atoms with Crippen molar-refractivity contribution in [1.82, 2.24) is 10.2 Å². The van der Waals surface area contributed by atoms with Crippen LogP contribution in [0.25, 0.3) is 0 Å². The molecule has 1 heterocycles. The Morgan fingerprint density at radius 3 is 2.27 bits per heavy atom. The topological polar surface area (TPSA) is 111 Å². The molecule has 0 unspecified atom stereocenters. The van der Waals surface area contributed by atoms with Crippen molar-refractivity contribution in [2.45, 2.75) is 83.6 Å². The maximum atomic E-state index is 13.4. The normalized spacial score (nSPS) is 16.0. The van der Waals surface area contributed by atoms with Crippen molar-refractivity contribution in [2.24, 2.45) is 0 Å². The summed E-state index contributed by atoms with van der Waals surface area (Å²) in [5.41, 5.74) is 0.611. The van der Waals surface area contributed by atoms with Gasteiger partial charge in [0, 0.05) is 6.54 Å². The third-order valence-electron chi connectivity index (χ3n) is 6.39. The highest BCUT2D eigenvalue weighted by Crippen LogP contribution is 2.21. The van der Waals surface area contributed by atoms with E-state index in [-0.39, 0.29) is 13.2 Å². The number of nitrogens with one attached hydrogen (secondary N) is 1. The highest BCUT2D eigenvalue weighted by molar-refractivity contribution is 5.90. The second-order valence-electron chi connectivity index (χ2n) is 10.8. The van der Waals surface area contributed by atoms with Gasteiger partial charge in [0.25, 0.3) is 0 Å². The summed E-state index contributed by atoms with van der Waals surface area (Å²) in [7, 11) is 0. The number of nitrogens with zero attached hydrogens (tertiary/aromatic N) is 1. The average molecular weight is 553 g/mol. The fourth-order valence-electron chi connectivity index (χ4n) is 4.36. The fourth-order valence-corrected chi connectivity index (χ4v) is 4.36. The summed E-state index contributed by atoms with van der Waals surface area (Å²) in [5, 5.41) is 2.83. The van der Waals surface area contributed by atoms with Crippen LogP contribution in [0.2, 0.25) is 0 Å². The van der Waals surface area contributed by atoms with Crippen LogP contribution in [0.3, 0.4) is 0 Å². The van der Waals surface area contributed by atoms with Crippen LogP contribution in [-0.4, -0.2) is 59.7 Å². The van der Waals surface area contributed by atoms with Gasteiger partial charge in [-0.2, -0.15) is 0 Å². The van der Waals surface area contributed by atoms with Crippen molar-refractivity contribution in [1.29, 1.82) is 0 Å². The fraction of sp³-hybridized carbons (Fsp3) is 0.484. The van der Waals surface area contributed by atoms with E-state index in [1.807, 2.05) is 36.4 Å². The number of benzene rings is 2. The first-order chi connectivity index (χ1) is 19.1. The summed E-state index contributed by atoms with van der Waals surface area (Å²) in [5.74, 6) is -1.38. The minimum Gasteiger partial charge on any atom is -0.462 e. The number of hydrogen-bond acceptors (Lipinski definition) is 7. The van der Waals surface area contributed by atoms with Crippen molar-refractivity contribution in [3.05, 3.63) is 71.8 Å². The summed E-state index contributed by atoms with van der Waals surface area (Å²) in [6, 6.07) is 16.4. The van der Waals surface area contributed by atoms with Gasteiger partial charge >= 0.3 is 18.0 Å². The number of amides is 2. The molecular formula is C31H40N2O7. The molecule has 2 aromatic rings. The minimum atomic E-state index is -0.913. The number of ether oxygens (including phenoxy) is 3. The number of likely N-dealkylation sites (tertiary alicyclic amines) is 1. The van der Waals surface area contributed by atoms with Gasteiger partial charge in [-0.1, -0.05) is 48.5 Å². The standard InChI is InChI=1S/C31H40N2O7/c1-31(2,3)40-30(37)33-20-12-10-19-26(33)27(34)32-25(29(36)39-22-23-14-6-4-7-15-23)18-11-13-21-38-28(35)24-16-8-5-9-17-24/h4-9,14-17,25-26H,10-13,18-22H2,1-3H3,(H,32,34)/t25-,26-/m0/s1. The molecule has 2 aromatic carbocycles. The molecule has 1 saturated heterocycles. The lowest BCUT2D eigenvalue weighted by Gasteiger charge is -2.36. The summed E-state index contributed by atoms with van der Waals surface area (Å²) in [4.78, 5) is 52.8. The maximum absolute atomic E-state index is 13.4. The molecule has 216 valence electrons. The van der Waals surface area contributed by atoms with Crippen LogP contribution in [0, 0.1) is 0 Å². The van der Waals surface area contributed by atoms with Crippen LogP contribution < -0.4 is 5.32 Å². The maximum Gasteiger partial charge on any atom is 0.410 e. The molecule has 2 amide bonds. The monoisotopic (exact) mass is 552 g/mol. The molecule has 0 spiro atoms. The van der Waals surface area contributed by atoms with Crippen LogP contribution in [0.4, 0.5) is 4.79 Å². The number of hydrogen-bond donors (Lipinski definition) is 1. The lowest BCUT2D eigenvalue weighted by molar-refractivity contribution is -0.150. The van der Waals surface area contributed by atoms with Gasteiger partial charge in [0.2, 0.25) is 5.91 Å². The number of carbonyl (C=O) groups is 4. The predicted octanol–water partition coefficient (Wildman–Crippen LogP) is 5.03. The van der Waals surface area contributed by atoms with Gasteiger partial charge in [-0.05, 0) is 77.0 Å². The number of esters is 2. The zero-order valence-electron chi connectivity index (χ0n) is 23.6. The number of piperidine rings is 1. The number of carbonyl (C=O) groups excluding carboxylic acids is 4. The first-order valence-electron chi connectivity index (χ1n) is 13.9. The van der Waals surface area contributed by atoms with E-state index in [1.165, 1.54) is 4.90 Å². The SMILES string of the molecule is CC(C)(C)OC(=O)N1CCCC[C@H]1C(=O)N[C@@H](CCCCOC(=O)c1ccccc1)C(=O)OCc1ccccc1. The van der Waals surface area contributed by atoms with Gasteiger partial charge in [0.1, 0.15) is 24.3 Å². The van der Waals surface area contributed by atoms with E-state index in [0.29, 0.717) is 37.8 Å². The average Bonchev–Trinajstić information content (AvgIpc) is 2.95. The molecule has 0 saturated carbocycles. The van der Waals surface area contributed by atoms with E-state index < -0.39 is 41.6 Å². The lowest BCUT2D eigenvalue weighted by atomic mass is 10.0. The van der Waals surface area contributed by atoms with Crippen LogP contribution in [0.5, 0.6) is 0 Å². The van der Waals surface area contributed by atoms with E-state index in [0.717, 1.165) is 18.4 Å². The van der Waals surface area contributed by atoms with Gasteiger partial charge in [-0.25, -0.2) is 14.4 Å². The first-order valence-corrected chi connectivity index (χ1v) is 13.9. The molecule has 9 nitrogen and oxygen atoms in total. The van der Waals surface area contributed by atoms with Crippen LogP contribution in [0.1, 0.15) is 75.2 Å². The molecule has 1 aliphatic heterocycles. The molecule has 0 radical (unpaired) electrons. The second-order valence-corrected chi connectivity index (χ2v) is 10.8. The van der Waals surface area contributed by atoms with Gasteiger partial charge < -0.3 is 19.5 Å². The Balaban J connectivity index is 1.59. The second kappa shape index (κ2) is 15.1. The Kier molecular flexibility index (Phi) is 11.5. The van der Waals surface area contributed by atoms with E-state index in [4.69, 9.17) is 14.2 Å². The molecule has 40 heavy (non-hydrogen) atoms. The van der Waals surface area contributed by atoms with Crippen molar-refractivity contribution in [2.75, 3.05) is 13.2 Å². The first kappa shape index (κ1) is 30.7. The highest BCUT2D eigenvalue weighted by Gasteiger charge is 2.36. The summed E-state index contributed by atoms with van der Waals surface area (Å²) in [6.45, 7) is 6.00. The van der Waals surface area contributed by atoms with E-state index in [2.05, 4.69) is 5.32 Å². The molecule has 0 aliphatic carbocycles. The zero-order chi connectivity index (χ0) is 29.0. The smallest absolute Gasteiger partial charge is 0.410 e. The third-order valence-corrected chi connectivity index (χ3v) is 6.39. The molecule has 1 aliphatic rings. The minimum absolute atomic E-state index is 0.0776. The molecule has 3 rings (SSSR count). The van der Waals surface area contributed by atoms with Crippen molar-refractivity contribution < 1.29 is 33.4 Å². The third kappa shape index (κ3) is 10.0. The summed E-state index contributed by atoms with van der Waals surface area (Å²) < 4.78 is 16.4. The van der Waals surface area contributed by atoms with Crippen LogP contribution >= 0.6 is 0 Å². The van der Waals surface area contributed by atoms with Gasteiger partial charge in [0.05, 0.1) is 12.2 Å². The Morgan fingerprint density at radius 1 is 0.925 bits per heavy atom. The Labute approximate surface area is 236 Å². The Morgan fingerprint density at radius 2 is 1.60 bits per heavy atom. The molecule has 2 atom stereocenters. The molecule has 1 N–H and O–H groups in total. The quantitative estimate of drug-likeness (QED) is 0.236. The lowest BCUT2D eigenvalue weighted by Crippen LogP contribution is -2.55. The Hall–Kier alpha value is -3.88. The Bertz CT molecular complexity index is 1120.